The molecule has 0 saturated carbocycles. The summed E-state index contributed by atoms with van der Waals surface area (Å²) in [6.45, 7) is 4.24. The second-order valence-corrected chi connectivity index (χ2v) is 18.7. The third-order valence-electron chi connectivity index (χ3n) is 14.4. The van der Waals surface area contributed by atoms with E-state index in [9.17, 15) is 0 Å². The molecule has 72 heavy (non-hydrogen) atoms. The summed E-state index contributed by atoms with van der Waals surface area (Å²) in [5, 5.41) is 0. The molecule has 1 spiro atoms. The number of aryl methyl sites for hydroxylation is 1. The van der Waals surface area contributed by atoms with Gasteiger partial charge < -0.3 is 4.90 Å². The highest BCUT2D eigenvalue weighted by Gasteiger charge is 2.52. The first-order valence-corrected chi connectivity index (χ1v) is 24.5. The topological polar surface area (TPSA) is 54.3 Å². The number of aromatic nitrogens is 3. The molecule has 5 heteroatoms. The minimum Gasteiger partial charge on any atom is -0.310 e. The zero-order valence-electron chi connectivity index (χ0n) is 39.9. The molecule has 10 aromatic carbocycles. The van der Waals surface area contributed by atoms with E-state index in [1.807, 2.05) is 36.4 Å². The van der Waals surface area contributed by atoms with E-state index in [-0.39, 0.29) is 0 Å². The number of hydrogen-bond acceptors (Lipinski definition) is 5. The number of benzene rings is 10. The maximum atomic E-state index is 5.27. The van der Waals surface area contributed by atoms with Gasteiger partial charge in [-0.25, -0.2) is 15.0 Å². The Morgan fingerprint density at radius 3 is 1.39 bits per heavy atom. The largest absolute Gasteiger partial charge is 0.310 e. The zero-order chi connectivity index (χ0) is 48.2. The monoisotopic (exact) mass is 921 g/mol. The highest BCUT2D eigenvalue weighted by atomic mass is 15.2. The quantitative estimate of drug-likeness (QED) is 0.143. The Morgan fingerprint density at radius 2 is 0.819 bits per heavy atom. The molecule has 2 heterocycles. The average Bonchev–Trinajstić information content (AvgIpc) is 3.75. The molecule has 1 aliphatic heterocycles. The van der Waals surface area contributed by atoms with Crippen molar-refractivity contribution in [3.63, 3.8) is 0 Å². The molecule has 13 rings (SSSR count). The molecule has 1 aliphatic carbocycles. The molecule has 1 aromatic heterocycles. The van der Waals surface area contributed by atoms with Gasteiger partial charge in [0, 0.05) is 28.1 Å². The lowest BCUT2D eigenvalue weighted by molar-refractivity contribution is 0.753. The third-order valence-corrected chi connectivity index (χ3v) is 14.4. The van der Waals surface area contributed by atoms with Crippen molar-refractivity contribution in [2.24, 2.45) is 4.99 Å². The SMILES string of the molecule is C/C(=N\c1ccccc1C)c1cc(-c2ccccc2)cc(-c2ccc3c(c2)C2(c4ccccc4-c4ccccc42)c2cc(-c4nc(-c5ccccc5)nc(-c5ccccc5)n4)ccc2N3c2ccccc2)c1. The van der Waals surface area contributed by atoms with Crippen molar-refractivity contribution in [1.29, 1.82) is 0 Å². The Morgan fingerprint density at radius 1 is 0.375 bits per heavy atom. The van der Waals surface area contributed by atoms with E-state index in [1.54, 1.807) is 0 Å². The lowest BCUT2D eigenvalue weighted by Gasteiger charge is -2.45. The van der Waals surface area contributed by atoms with Crippen LogP contribution in [0.5, 0.6) is 0 Å². The Balaban J connectivity index is 1.09. The van der Waals surface area contributed by atoms with E-state index in [2.05, 4.69) is 231 Å². The fourth-order valence-electron chi connectivity index (χ4n) is 11.0. The Kier molecular flexibility index (Phi) is 10.4. The maximum absolute atomic E-state index is 5.27. The summed E-state index contributed by atoms with van der Waals surface area (Å²) in [6.07, 6.45) is 0. The first-order chi connectivity index (χ1) is 35.5. The average molecular weight is 922 g/mol. The summed E-state index contributed by atoms with van der Waals surface area (Å²) >= 11 is 0. The molecule has 0 amide bonds. The van der Waals surface area contributed by atoms with Crippen LogP contribution in [0.25, 0.3) is 67.5 Å². The maximum Gasteiger partial charge on any atom is 0.164 e. The van der Waals surface area contributed by atoms with E-state index in [4.69, 9.17) is 19.9 Å². The normalized spacial score (nSPS) is 13.0. The number of anilines is 3. The minimum atomic E-state index is -0.741. The lowest BCUT2D eigenvalue weighted by atomic mass is 9.64. The second-order valence-electron chi connectivity index (χ2n) is 18.7. The molecule has 340 valence electrons. The summed E-state index contributed by atoms with van der Waals surface area (Å²) in [5.74, 6) is 1.86. The molecule has 0 fully saturated rings. The number of fused-ring (bicyclic) bond motifs is 9. The van der Waals surface area contributed by atoms with Gasteiger partial charge in [-0.1, -0.05) is 182 Å². The third kappa shape index (κ3) is 7.16. The van der Waals surface area contributed by atoms with Crippen molar-refractivity contribution in [3.8, 4) is 67.5 Å². The minimum absolute atomic E-state index is 0.610. The van der Waals surface area contributed by atoms with Crippen LogP contribution < -0.4 is 4.90 Å². The van der Waals surface area contributed by atoms with Gasteiger partial charge in [0.15, 0.2) is 17.5 Å². The highest BCUT2D eigenvalue weighted by Crippen LogP contribution is 2.64. The van der Waals surface area contributed by atoms with Gasteiger partial charge in [0.05, 0.1) is 22.5 Å². The molecular weight excluding hydrogens is 875 g/mol. The molecule has 5 nitrogen and oxygen atoms in total. The van der Waals surface area contributed by atoms with Gasteiger partial charge in [-0.2, -0.15) is 0 Å². The number of nitrogens with zero attached hydrogens (tertiary/aromatic N) is 5. The van der Waals surface area contributed by atoms with Crippen molar-refractivity contribution in [3.05, 3.63) is 282 Å². The summed E-state index contributed by atoms with van der Waals surface area (Å²) in [7, 11) is 0. The first kappa shape index (κ1) is 42.8. The number of hydrogen-bond donors (Lipinski definition) is 0. The van der Waals surface area contributed by atoms with Gasteiger partial charge in [0.2, 0.25) is 0 Å². The van der Waals surface area contributed by atoms with E-state index in [1.165, 1.54) is 27.8 Å². The van der Waals surface area contributed by atoms with Gasteiger partial charge in [-0.15, -0.1) is 0 Å². The summed E-state index contributed by atoms with van der Waals surface area (Å²) in [6, 6.07) is 89.0. The van der Waals surface area contributed by atoms with Crippen LogP contribution in [0.15, 0.2) is 254 Å². The highest BCUT2D eigenvalue weighted by molar-refractivity contribution is 6.03. The van der Waals surface area contributed by atoms with Crippen LogP contribution in [0, 0.1) is 6.92 Å². The number of para-hydroxylation sites is 2. The molecule has 0 atom stereocenters. The van der Waals surface area contributed by atoms with Gasteiger partial charge in [0.1, 0.15) is 0 Å². The smallest absolute Gasteiger partial charge is 0.164 e. The lowest BCUT2D eigenvalue weighted by Crippen LogP contribution is -2.36. The van der Waals surface area contributed by atoms with E-state index < -0.39 is 5.41 Å². The van der Waals surface area contributed by atoms with Gasteiger partial charge >= 0.3 is 0 Å². The summed E-state index contributed by atoms with van der Waals surface area (Å²) in [5.41, 5.74) is 21.2. The van der Waals surface area contributed by atoms with Crippen LogP contribution in [0.4, 0.5) is 22.7 Å². The van der Waals surface area contributed by atoms with Crippen LogP contribution in [0.1, 0.15) is 40.3 Å². The van der Waals surface area contributed by atoms with Crippen LogP contribution in [0.2, 0.25) is 0 Å². The number of rotatable bonds is 8. The standard InChI is InChI=1S/C67H47N5/c1-44-21-15-20-34-61(44)68-45(2)51-39-52(46-22-7-3-8-23-46)41-53(40-51)49-35-37-62-59(42-49)67(57-32-18-16-30-55(57)56-31-17-19-33-58(56)67)60-43-50(36-38-63(60)72(62)54-28-13-6-14-29-54)66-70-64(47-24-9-4-10-25-47)69-65(71-66)48-26-11-5-12-27-48/h3-43H,1-2H3/b68-45+. The fourth-order valence-corrected chi connectivity index (χ4v) is 11.0. The van der Waals surface area contributed by atoms with Crippen molar-refractivity contribution < 1.29 is 0 Å². The number of aliphatic imine (C=N–C) groups is 1. The molecule has 0 radical (unpaired) electrons. The summed E-state index contributed by atoms with van der Waals surface area (Å²) < 4.78 is 0. The summed E-state index contributed by atoms with van der Waals surface area (Å²) in [4.78, 5) is 23.3. The van der Waals surface area contributed by atoms with Crippen molar-refractivity contribution in [2.45, 2.75) is 19.3 Å². The molecule has 0 unspecified atom stereocenters. The fraction of sp³-hybridized carbons (Fsp3) is 0.0448. The first-order valence-electron chi connectivity index (χ1n) is 24.5. The predicted octanol–water partition coefficient (Wildman–Crippen LogP) is 16.8. The second kappa shape index (κ2) is 17.6. The molecule has 0 bridgehead atoms. The van der Waals surface area contributed by atoms with E-state index in [0.717, 1.165) is 84.1 Å². The zero-order valence-corrected chi connectivity index (χ0v) is 39.9. The van der Waals surface area contributed by atoms with Gasteiger partial charge in [-0.3, -0.25) is 4.99 Å². The molecule has 2 aliphatic rings. The van der Waals surface area contributed by atoms with E-state index in [0.29, 0.717) is 17.5 Å². The van der Waals surface area contributed by atoms with Crippen molar-refractivity contribution in [1.82, 2.24) is 15.0 Å². The Labute approximate surface area is 420 Å². The van der Waals surface area contributed by atoms with Crippen molar-refractivity contribution in [2.75, 3.05) is 4.90 Å². The van der Waals surface area contributed by atoms with Crippen molar-refractivity contribution >= 4 is 28.5 Å². The Bertz CT molecular complexity index is 3780. The van der Waals surface area contributed by atoms with Crippen LogP contribution >= 0.6 is 0 Å². The van der Waals surface area contributed by atoms with Crippen LogP contribution in [-0.4, -0.2) is 20.7 Å². The van der Waals surface area contributed by atoms with Crippen LogP contribution in [0.3, 0.4) is 0 Å². The van der Waals surface area contributed by atoms with Gasteiger partial charge in [-0.05, 0) is 147 Å². The Hall–Kier alpha value is -9.32. The van der Waals surface area contributed by atoms with E-state index >= 15 is 0 Å². The van der Waals surface area contributed by atoms with Gasteiger partial charge in [0.25, 0.3) is 0 Å². The molecule has 11 aromatic rings. The molecular formula is C67H47N5. The molecule has 0 N–H and O–H groups in total. The molecule has 0 saturated heterocycles. The van der Waals surface area contributed by atoms with Crippen LogP contribution in [-0.2, 0) is 5.41 Å². The predicted molar refractivity (Wildman–Crippen MR) is 296 cm³/mol.